The van der Waals surface area contributed by atoms with Gasteiger partial charge in [0, 0.05) is 16.3 Å². The lowest BCUT2D eigenvalue weighted by Gasteiger charge is -2.12. The van der Waals surface area contributed by atoms with E-state index in [-0.39, 0.29) is 22.9 Å². The number of benzene rings is 2. The first-order valence-corrected chi connectivity index (χ1v) is 6.84. The van der Waals surface area contributed by atoms with Crippen molar-refractivity contribution in [1.29, 1.82) is 0 Å². The van der Waals surface area contributed by atoms with Gasteiger partial charge in [0.25, 0.3) is 5.91 Å². The van der Waals surface area contributed by atoms with Crippen LogP contribution in [-0.4, -0.2) is 18.5 Å². The molecule has 0 fully saturated rings. The second kappa shape index (κ2) is 6.95. The van der Waals surface area contributed by atoms with Crippen LogP contribution in [0.1, 0.15) is 15.9 Å². The highest BCUT2D eigenvalue weighted by Crippen LogP contribution is 2.22. The summed E-state index contributed by atoms with van der Waals surface area (Å²) in [5.74, 6) is -1.79. The molecule has 6 heteroatoms. The van der Waals surface area contributed by atoms with Gasteiger partial charge in [-0.05, 0) is 42.8 Å². The predicted octanol–water partition coefficient (Wildman–Crippen LogP) is 2.03. The van der Waals surface area contributed by atoms with E-state index in [1.165, 1.54) is 18.2 Å². The van der Waals surface area contributed by atoms with Gasteiger partial charge < -0.3 is 20.0 Å². The standard InChI is InChI=1S/C16H14ClNO4/c1-10-3-2-4-12(7-10)18-15(19)9-22-14-6-5-11(17)8-13(14)16(20)21/h2-8H,9H2,1H3,(H,18,19)(H,20,21)/p-1. The quantitative estimate of drug-likeness (QED) is 0.915. The molecule has 2 aromatic carbocycles. The monoisotopic (exact) mass is 318 g/mol. The number of ether oxygens (including phenoxy) is 1. The Morgan fingerprint density at radius 1 is 1.23 bits per heavy atom. The third-order valence-electron chi connectivity index (χ3n) is 2.82. The highest BCUT2D eigenvalue weighted by Gasteiger charge is 2.09. The molecule has 1 N–H and O–H groups in total. The van der Waals surface area contributed by atoms with Crippen LogP contribution in [0.5, 0.6) is 5.75 Å². The van der Waals surface area contributed by atoms with Crippen LogP contribution >= 0.6 is 11.6 Å². The van der Waals surface area contributed by atoms with E-state index in [4.69, 9.17) is 16.3 Å². The number of amides is 1. The van der Waals surface area contributed by atoms with E-state index < -0.39 is 11.9 Å². The number of nitrogens with one attached hydrogen (secondary N) is 1. The number of aryl methyl sites for hydroxylation is 1. The fourth-order valence-electron chi connectivity index (χ4n) is 1.85. The Labute approximate surface area is 132 Å². The van der Waals surface area contributed by atoms with Crippen molar-refractivity contribution in [2.24, 2.45) is 0 Å². The number of carboxylic acid groups (broad SMARTS) is 1. The molecule has 1 amide bonds. The second-order valence-corrected chi connectivity index (χ2v) is 5.07. The first kappa shape index (κ1) is 15.9. The summed E-state index contributed by atoms with van der Waals surface area (Å²) >= 11 is 5.72. The van der Waals surface area contributed by atoms with Crippen LogP contribution < -0.4 is 15.2 Å². The number of rotatable bonds is 5. The van der Waals surface area contributed by atoms with Crippen molar-refractivity contribution in [3.05, 3.63) is 58.6 Å². The zero-order valence-electron chi connectivity index (χ0n) is 11.8. The van der Waals surface area contributed by atoms with E-state index in [2.05, 4.69) is 5.32 Å². The van der Waals surface area contributed by atoms with Gasteiger partial charge in [-0.3, -0.25) is 4.79 Å². The van der Waals surface area contributed by atoms with Crippen molar-refractivity contribution in [3.63, 3.8) is 0 Å². The molecule has 0 spiro atoms. The number of carbonyl (C=O) groups is 2. The zero-order chi connectivity index (χ0) is 16.1. The van der Waals surface area contributed by atoms with E-state index in [9.17, 15) is 14.7 Å². The maximum atomic E-state index is 11.8. The summed E-state index contributed by atoms with van der Waals surface area (Å²) in [5, 5.41) is 13.9. The molecule has 0 aliphatic heterocycles. The fraction of sp³-hybridized carbons (Fsp3) is 0.125. The number of carbonyl (C=O) groups excluding carboxylic acids is 2. The van der Waals surface area contributed by atoms with Gasteiger partial charge in [0.05, 0.1) is 5.97 Å². The summed E-state index contributed by atoms with van der Waals surface area (Å²) in [6.07, 6.45) is 0. The lowest BCUT2D eigenvalue weighted by molar-refractivity contribution is -0.255. The van der Waals surface area contributed by atoms with Crippen LogP contribution in [-0.2, 0) is 4.79 Å². The van der Waals surface area contributed by atoms with Crippen LogP contribution in [0.2, 0.25) is 5.02 Å². The normalized spacial score (nSPS) is 10.1. The molecule has 114 valence electrons. The van der Waals surface area contributed by atoms with Crippen LogP contribution in [0.4, 0.5) is 5.69 Å². The lowest BCUT2D eigenvalue weighted by Crippen LogP contribution is -2.25. The van der Waals surface area contributed by atoms with Gasteiger partial charge in [-0.1, -0.05) is 23.7 Å². The summed E-state index contributed by atoms with van der Waals surface area (Å²) in [6, 6.07) is 11.4. The minimum absolute atomic E-state index is 0.0313. The van der Waals surface area contributed by atoms with Crippen molar-refractivity contribution in [1.82, 2.24) is 0 Å². The molecule has 0 aliphatic carbocycles. The maximum absolute atomic E-state index is 11.8. The van der Waals surface area contributed by atoms with Crippen molar-refractivity contribution in [3.8, 4) is 5.75 Å². The van der Waals surface area contributed by atoms with Gasteiger partial charge in [0.1, 0.15) is 5.75 Å². The molecule has 0 saturated carbocycles. The second-order valence-electron chi connectivity index (χ2n) is 4.63. The Morgan fingerprint density at radius 3 is 2.68 bits per heavy atom. The first-order valence-electron chi connectivity index (χ1n) is 6.46. The maximum Gasteiger partial charge on any atom is 0.262 e. The summed E-state index contributed by atoms with van der Waals surface area (Å²) in [6.45, 7) is 1.59. The van der Waals surface area contributed by atoms with E-state index >= 15 is 0 Å². The fourth-order valence-corrected chi connectivity index (χ4v) is 2.02. The number of anilines is 1. The highest BCUT2D eigenvalue weighted by atomic mass is 35.5. The summed E-state index contributed by atoms with van der Waals surface area (Å²) < 4.78 is 5.23. The Morgan fingerprint density at radius 2 is 2.00 bits per heavy atom. The van der Waals surface area contributed by atoms with Crippen LogP contribution in [0.15, 0.2) is 42.5 Å². The van der Waals surface area contributed by atoms with Crippen molar-refractivity contribution >= 4 is 29.2 Å². The molecule has 0 saturated heterocycles. The van der Waals surface area contributed by atoms with Crippen molar-refractivity contribution < 1.29 is 19.4 Å². The molecule has 5 nitrogen and oxygen atoms in total. The largest absolute Gasteiger partial charge is 0.545 e. The molecule has 0 unspecified atom stereocenters. The molecule has 22 heavy (non-hydrogen) atoms. The van der Waals surface area contributed by atoms with Crippen LogP contribution in [0, 0.1) is 6.92 Å². The molecular weight excluding hydrogens is 306 g/mol. The molecule has 0 atom stereocenters. The predicted molar refractivity (Wildman–Crippen MR) is 81.1 cm³/mol. The van der Waals surface area contributed by atoms with Gasteiger partial charge in [-0.15, -0.1) is 0 Å². The van der Waals surface area contributed by atoms with Crippen molar-refractivity contribution in [2.45, 2.75) is 6.92 Å². The summed E-state index contributed by atoms with van der Waals surface area (Å²) in [5.41, 5.74) is 1.45. The molecule has 0 radical (unpaired) electrons. The van der Waals surface area contributed by atoms with Crippen molar-refractivity contribution in [2.75, 3.05) is 11.9 Å². The lowest BCUT2D eigenvalue weighted by atomic mass is 10.2. The molecule has 2 rings (SSSR count). The van der Waals surface area contributed by atoms with E-state index in [0.29, 0.717) is 5.69 Å². The number of carboxylic acids is 1. The van der Waals surface area contributed by atoms with Gasteiger partial charge in [0.15, 0.2) is 6.61 Å². The zero-order valence-corrected chi connectivity index (χ0v) is 12.5. The molecule has 2 aromatic rings. The Bertz CT molecular complexity index is 715. The third-order valence-corrected chi connectivity index (χ3v) is 3.06. The van der Waals surface area contributed by atoms with Gasteiger partial charge >= 0.3 is 0 Å². The van der Waals surface area contributed by atoms with E-state index in [0.717, 1.165) is 5.56 Å². The topological polar surface area (TPSA) is 78.5 Å². The molecular formula is C16H13ClNO4-. The molecule has 0 heterocycles. The molecule has 0 aromatic heterocycles. The Hall–Kier alpha value is -2.53. The number of halogens is 1. The number of hydrogen-bond donors (Lipinski definition) is 1. The summed E-state index contributed by atoms with van der Waals surface area (Å²) in [4.78, 5) is 22.8. The van der Waals surface area contributed by atoms with Gasteiger partial charge in [-0.2, -0.15) is 0 Å². The van der Waals surface area contributed by atoms with Crippen LogP contribution in [0.3, 0.4) is 0 Å². The van der Waals surface area contributed by atoms with Crippen LogP contribution in [0.25, 0.3) is 0 Å². The van der Waals surface area contributed by atoms with Gasteiger partial charge in [-0.25, -0.2) is 0 Å². The molecule has 0 bridgehead atoms. The Kier molecular flexibility index (Phi) is 5.01. The van der Waals surface area contributed by atoms with E-state index in [1.807, 2.05) is 25.1 Å². The number of hydrogen-bond acceptors (Lipinski definition) is 4. The number of aromatic carboxylic acids is 1. The Balaban J connectivity index is 2.01. The first-order chi connectivity index (χ1) is 10.5. The average molecular weight is 319 g/mol. The van der Waals surface area contributed by atoms with E-state index in [1.54, 1.807) is 6.07 Å². The van der Waals surface area contributed by atoms with Gasteiger partial charge in [0.2, 0.25) is 0 Å². The summed E-state index contributed by atoms with van der Waals surface area (Å²) in [7, 11) is 0. The molecule has 0 aliphatic rings. The smallest absolute Gasteiger partial charge is 0.262 e. The minimum Gasteiger partial charge on any atom is -0.545 e. The average Bonchev–Trinajstić information content (AvgIpc) is 2.45. The SMILES string of the molecule is Cc1cccc(NC(=O)COc2ccc(Cl)cc2C(=O)[O-])c1. The third kappa shape index (κ3) is 4.23. The minimum atomic E-state index is -1.42. The highest BCUT2D eigenvalue weighted by molar-refractivity contribution is 6.31.